The van der Waals surface area contributed by atoms with Crippen molar-refractivity contribution >= 4 is 66.0 Å². The van der Waals surface area contributed by atoms with E-state index < -0.39 is 74.5 Å². The highest BCUT2D eigenvalue weighted by molar-refractivity contribution is 8.02. The van der Waals surface area contributed by atoms with Gasteiger partial charge in [0, 0.05) is 24.3 Å². The molecule has 19 nitrogen and oxygen atoms in total. The number of carbonyl (C=O) groups is 6. The Kier molecular flexibility index (Phi) is 10.4. The van der Waals surface area contributed by atoms with Crippen molar-refractivity contribution in [3.8, 4) is 0 Å². The van der Waals surface area contributed by atoms with Gasteiger partial charge in [-0.1, -0.05) is 42.1 Å². The minimum atomic E-state index is -1.93. The first-order valence-corrected chi connectivity index (χ1v) is 16.9. The molecule has 5 atom stereocenters. The highest BCUT2D eigenvalue weighted by Crippen LogP contribution is 2.50. The number of imide groups is 1. The third-order valence-corrected chi connectivity index (χ3v) is 10.7. The Morgan fingerprint density at radius 3 is 2.04 bits per heavy atom. The van der Waals surface area contributed by atoms with Crippen LogP contribution in [0, 0.1) is 20.2 Å². The van der Waals surface area contributed by atoms with E-state index in [9.17, 15) is 49.0 Å². The lowest BCUT2D eigenvalue weighted by molar-refractivity contribution is -0.385. The molecule has 0 aromatic heterocycles. The zero-order valence-electron chi connectivity index (χ0n) is 27.9. The summed E-state index contributed by atoms with van der Waals surface area (Å²) in [5, 5.41) is 23.7. The average Bonchev–Trinajstić information content (AvgIpc) is 3.71. The van der Waals surface area contributed by atoms with Crippen molar-refractivity contribution in [1.82, 2.24) is 20.0 Å². The second kappa shape index (κ2) is 15.1. The number of carbonyl (C=O) groups excluding carboxylic acids is 6. The van der Waals surface area contributed by atoms with Crippen LogP contribution < -0.4 is 5.32 Å². The van der Waals surface area contributed by atoms with Gasteiger partial charge in [0.25, 0.3) is 11.4 Å². The maximum atomic E-state index is 14.0. The Bertz CT molecular complexity index is 2030. The van der Waals surface area contributed by atoms with E-state index in [1.165, 1.54) is 65.6 Å². The van der Waals surface area contributed by atoms with Crippen LogP contribution >= 0.6 is 11.8 Å². The van der Waals surface area contributed by atoms with E-state index in [4.69, 9.17) is 9.47 Å². The number of fused-ring (bicyclic) bond motifs is 1. The van der Waals surface area contributed by atoms with Crippen LogP contribution in [0.5, 0.6) is 0 Å². The number of nitro benzene ring substituents is 2. The lowest BCUT2D eigenvalue weighted by atomic mass is 9.96. The number of amides is 5. The number of nitro groups is 2. The van der Waals surface area contributed by atoms with Crippen molar-refractivity contribution < 1.29 is 48.1 Å². The van der Waals surface area contributed by atoms with Gasteiger partial charge in [0.15, 0.2) is 5.92 Å². The molecule has 54 heavy (non-hydrogen) atoms. The van der Waals surface area contributed by atoms with E-state index in [0.717, 1.165) is 21.6 Å². The van der Waals surface area contributed by atoms with Crippen LogP contribution in [0.1, 0.15) is 22.6 Å². The monoisotopic (exact) mass is 759 g/mol. The van der Waals surface area contributed by atoms with Crippen LogP contribution in [0.15, 0.2) is 83.9 Å². The fraction of sp³-hybridized carbons (Fsp3) is 0.265. The molecule has 278 valence electrons. The number of esters is 2. The summed E-state index contributed by atoms with van der Waals surface area (Å²) < 4.78 is 11.0. The molecule has 0 saturated carbocycles. The molecule has 3 aliphatic rings. The Morgan fingerprint density at radius 2 is 1.52 bits per heavy atom. The van der Waals surface area contributed by atoms with Gasteiger partial charge in [-0.05, 0) is 47.7 Å². The first kappa shape index (κ1) is 37.1. The number of nitrogens with zero attached hydrogens (tertiary/aromatic N) is 6. The van der Waals surface area contributed by atoms with Gasteiger partial charge in [0.2, 0.25) is 23.1 Å². The van der Waals surface area contributed by atoms with Gasteiger partial charge in [-0.25, -0.2) is 14.5 Å². The number of hydrogen-bond donors (Lipinski definition) is 1. The quantitative estimate of drug-likeness (QED) is 0.0472. The molecule has 3 saturated heterocycles. The van der Waals surface area contributed by atoms with Crippen LogP contribution in [0.3, 0.4) is 0 Å². The van der Waals surface area contributed by atoms with Crippen molar-refractivity contribution in [1.29, 1.82) is 0 Å². The van der Waals surface area contributed by atoms with Crippen LogP contribution in [-0.4, -0.2) is 103 Å². The molecule has 0 spiro atoms. The van der Waals surface area contributed by atoms with Crippen molar-refractivity contribution in [3.05, 3.63) is 116 Å². The minimum absolute atomic E-state index is 0.162. The molecule has 0 radical (unpaired) electrons. The lowest BCUT2D eigenvalue weighted by Crippen LogP contribution is -2.68. The number of non-ortho nitro benzene ring substituents is 2. The molecule has 6 rings (SSSR count). The molecular weight excluding hydrogens is 730 g/mol. The van der Waals surface area contributed by atoms with E-state index in [0.29, 0.717) is 11.1 Å². The maximum absolute atomic E-state index is 14.0. The largest absolute Gasteiger partial charge is 0.460 e. The van der Waals surface area contributed by atoms with Gasteiger partial charge in [0.05, 0.1) is 22.9 Å². The Morgan fingerprint density at radius 1 is 0.944 bits per heavy atom. The van der Waals surface area contributed by atoms with E-state index in [-0.39, 0.29) is 43.1 Å². The summed E-state index contributed by atoms with van der Waals surface area (Å²) in [5.74, 6) is -5.02. The van der Waals surface area contributed by atoms with E-state index in [2.05, 4.69) is 17.0 Å². The van der Waals surface area contributed by atoms with Gasteiger partial charge >= 0.3 is 18.0 Å². The first-order chi connectivity index (χ1) is 25.9. The summed E-state index contributed by atoms with van der Waals surface area (Å²) in [4.78, 5) is 106. The normalized spacial score (nSPS) is 22.1. The van der Waals surface area contributed by atoms with Crippen molar-refractivity contribution in [2.24, 2.45) is 4.99 Å². The standard InChI is InChI=1S/C34H29N7O12S/c1-35-25-15-39(33(47)38(25)19-42)34(32(46)53-17-21-9-13-24(14-10-21)41(50)51)18-37-29(44)27(30(37)54-34)36-28(43)26(22-5-3-2-4-6-22)31(45)52-16-20-7-11-23(12-8-20)40(48)49/h2-14,19,25-27,30H,1,15-18H2,(H,36,43)/t25?,26?,27-,30-,34-/m1/s1. The topological polar surface area (TPSA) is 241 Å². The predicted molar refractivity (Wildman–Crippen MR) is 186 cm³/mol. The summed E-state index contributed by atoms with van der Waals surface area (Å²) in [6.07, 6.45) is -0.817. The van der Waals surface area contributed by atoms with Crippen molar-refractivity contribution in [2.75, 3.05) is 13.1 Å². The summed E-state index contributed by atoms with van der Waals surface area (Å²) in [6, 6.07) is 16.2. The maximum Gasteiger partial charge on any atom is 0.345 e. The molecule has 3 fully saturated rings. The summed E-state index contributed by atoms with van der Waals surface area (Å²) in [5.41, 5.74) is 0.705. The molecule has 3 heterocycles. The molecule has 0 aliphatic carbocycles. The van der Waals surface area contributed by atoms with Crippen molar-refractivity contribution in [2.45, 2.75) is 41.6 Å². The Labute approximate surface area is 309 Å². The molecule has 3 aromatic carbocycles. The highest BCUT2D eigenvalue weighted by Gasteiger charge is 2.67. The minimum Gasteiger partial charge on any atom is -0.460 e. The molecule has 3 aliphatic heterocycles. The molecular formula is C34H29N7O12S. The SMILES string of the molecule is C=NC1CN([C@]2(C(=O)OCc3ccc([N+](=O)[O-])cc3)CN3C(=O)[C@@H](NC(=O)C(C(=O)OCc4ccc([N+](=O)[O-])cc4)c4ccccc4)[C@H]3S2)C(=O)N1C=O. The van der Waals surface area contributed by atoms with E-state index in [1.807, 2.05) is 0 Å². The fourth-order valence-corrected chi connectivity index (χ4v) is 7.83. The first-order valence-electron chi connectivity index (χ1n) is 16.0. The number of rotatable bonds is 14. The molecule has 5 amide bonds. The average molecular weight is 760 g/mol. The summed E-state index contributed by atoms with van der Waals surface area (Å²) >= 11 is 0.827. The second-order valence-corrected chi connectivity index (χ2v) is 13.6. The Balaban J connectivity index is 1.21. The predicted octanol–water partition coefficient (Wildman–Crippen LogP) is 2.09. The third kappa shape index (κ3) is 6.93. The van der Waals surface area contributed by atoms with Gasteiger partial charge in [-0.3, -0.25) is 49.3 Å². The van der Waals surface area contributed by atoms with Gasteiger partial charge in [-0.15, -0.1) is 0 Å². The number of hydrogen-bond acceptors (Lipinski definition) is 14. The van der Waals surface area contributed by atoms with Crippen LogP contribution in [0.4, 0.5) is 16.2 Å². The number of ether oxygens (including phenoxy) is 2. The second-order valence-electron chi connectivity index (χ2n) is 12.2. The Hall–Kier alpha value is -6.70. The lowest BCUT2D eigenvalue weighted by Gasteiger charge is -2.41. The van der Waals surface area contributed by atoms with Gasteiger partial charge in [-0.2, -0.15) is 0 Å². The van der Waals surface area contributed by atoms with Crippen molar-refractivity contribution in [3.63, 3.8) is 0 Å². The van der Waals surface area contributed by atoms with E-state index in [1.54, 1.807) is 18.2 Å². The highest BCUT2D eigenvalue weighted by atomic mass is 32.2. The molecule has 20 heteroatoms. The molecule has 2 unspecified atom stereocenters. The number of aliphatic imine (C=N–C) groups is 1. The number of β-lactam (4-membered cyclic amide) rings is 1. The van der Waals surface area contributed by atoms with Crippen LogP contribution in [0.25, 0.3) is 0 Å². The molecule has 0 bridgehead atoms. The number of nitrogens with one attached hydrogen (secondary N) is 1. The van der Waals surface area contributed by atoms with Gasteiger partial charge in [0.1, 0.15) is 30.8 Å². The van der Waals surface area contributed by atoms with E-state index >= 15 is 0 Å². The molecule has 1 N–H and O–H groups in total. The molecule has 3 aromatic rings. The number of thioether (sulfide) groups is 1. The smallest absolute Gasteiger partial charge is 0.345 e. The van der Waals surface area contributed by atoms with Crippen LogP contribution in [0.2, 0.25) is 0 Å². The third-order valence-electron chi connectivity index (χ3n) is 9.01. The fourth-order valence-electron chi connectivity index (χ4n) is 6.16. The van der Waals surface area contributed by atoms with Gasteiger partial charge < -0.3 is 19.7 Å². The number of urea groups is 1. The zero-order valence-corrected chi connectivity index (χ0v) is 28.7. The zero-order chi connectivity index (χ0) is 38.7. The summed E-state index contributed by atoms with van der Waals surface area (Å²) in [7, 11) is 0. The van der Waals surface area contributed by atoms with Crippen LogP contribution in [-0.2, 0) is 46.7 Å². The summed E-state index contributed by atoms with van der Waals surface area (Å²) in [6.45, 7) is 2.08. The number of benzene rings is 3.